The Balaban J connectivity index is 1.73. The molecule has 0 amide bonds. The third kappa shape index (κ3) is 1.97. The molecule has 12 heavy (non-hydrogen) atoms. The molecule has 1 aliphatic carbocycles. The smallest absolute Gasteiger partial charge is 0.0161 e. The van der Waals surface area contributed by atoms with Crippen molar-refractivity contribution in [2.24, 2.45) is 5.41 Å². The van der Waals surface area contributed by atoms with Crippen LogP contribution in [0.1, 0.15) is 33.1 Å². The van der Waals surface area contributed by atoms with Gasteiger partial charge in [-0.15, -0.1) is 0 Å². The van der Waals surface area contributed by atoms with E-state index in [0.717, 1.165) is 12.1 Å². The topological polar surface area (TPSA) is 12.0 Å². The number of rotatable bonds is 2. The van der Waals surface area contributed by atoms with Crippen LogP contribution in [0.25, 0.3) is 0 Å². The summed E-state index contributed by atoms with van der Waals surface area (Å²) < 4.78 is 0. The van der Waals surface area contributed by atoms with E-state index in [0.29, 0.717) is 5.41 Å². The highest BCUT2D eigenvalue weighted by molar-refractivity contribution is 7.99. The molecule has 1 aliphatic heterocycles. The van der Waals surface area contributed by atoms with Gasteiger partial charge in [0.05, 0.1) is 0 Å². The van der Waals surface area contributed by atoms with Gasteiger partial charge in [-0.25, -0.2) is 0 Å². The molecule has 2 fully saturated rings. The van der Waals surface area contributed by atoms with Gasteiger partial charge < -0.3 is 5.32 Å². The van der Waals surface area contributed by atoms with E-state index in [4.69, 9.17) is 0 Å². The van der Waals surface area contributed by atoms with Crippen LogP contribution in [0.5, 0.6) is 0 Å². The second-order valence-electron chi connectivity index (χ2n) is 4.83. The molecule has 0 aromatic rings. The predicted octanol–water partition coefficient (Wildman–Crippen LogP) is 2.27. The molecular formula is C10H19NS. The molecule has 2 aliphatic rings. The van der Waals surface area contributed by atoms with Crippen molar-refractivity contribution in [2.75, 3.05) is 11.5 Å². The highest BCUT2D eigenvalue weighted by Gasteiger charge is 2.46. The van der Waals surface area contributed by atoms with Crippen molar-refractivity contribution in [2.45, 2.75) is 45.2 Å². The molecule has 0 aromatic carbocycles. The lowest BCUT2D eigenvalue weighted by atomic mass is 10.1. The van der Waals surface area contributed by atoms with Crippen molar-refractivity contribution < 1.29 is 0 Å². The first-order valence-corrected chi connectivity index (χ1v) is 6.18. The minimum atomic E-state index is 0.599. The standard InChI is InChI=1S/C10H19NS/c1-10(2)6-9(10)11-8-4-3-5-12-7-8/h8-9,11H,3-7H2,1-2H3. The second kappa shape index (κ2) is 3.22. The van der Waals surface area contributed by atoms with Crippen molar-refractivity contribution in [1.29, 1.82) is 0 Å². The van der Waals surface area contributed by atoms with Gasteiger partial charge in [-0.1, -0.05) is 13.8 Å². The van der Waals surface area contributed by atoms with Crippen molar-refractivity contribution in [3.63, 3.8) is 0 Å². The van der Waals surface area contributed by atoms with Crippen molar-refractivity contribution in [1.82, 2.24) is 5.32 Å². The molecule has 2 atom stereocenters. The lowest BCUT2D eigenvalue weighted by Crippen LogP contribution is -2.36. The molecule has 1 nitrogen and oxygen atoms in total. The Morgan fingerprint density at radius 1 is 1.42 bits per heavy atom. The van der Waals surface area contributed by atoms with Crippen molar-refractivity contribution in [3.8, 4) is 0 Å². The van der Waals surface area contributed by atoms with Gasteiger partial charge in [-0.3, -0.25) is 0 Å². The summed E-state index contributed by atoms with van der Waals surface area (Å²) in [7, 11) is 0. The Hall–Kier alpha value is 0.310. The van der Waals surface area contributed by atoms with E-state index in [2.05, 4.69) is 30.9 Å². The Morgan fingerprint density at radius 2 is 2.17 bits per heavy atom. The molecule has 0 radical (unpaired) electrons. The van der Waals surface area contributed by atoms with Gasteiger partial charge in [0.1, 0.15) is 0 Å². The van der Waals surface area contributed by atoms with Crippen LogP contribution in [-0.4, -0.2) is 23.6 Å². The number of hydrogen-bond acceptors (Lipinski definition) is 2. The van der Waals surface area contributed by atoms with E-state index in [1.54, 1.807) is 0 Å². The van der Waals surface area contributed by atoms with E-state index < -0.39 is 0 Å². The zero-order valence-electron chi connectivity index (χ0n) is 8.10. The van der Waals surface area contributed by atoms with E-state index in [1.165, 1.54) is 30.8 Å². The fourth-order valence-electron chi connectivity index (χ4n) is 1.91. The summed E-state index contributed by atoms with van der Waals surface area (Å²) in [5, 5.41) is 3.76. The van der Waals surface area contributed by atoms with Gasteiger partial charge in [0.25, 0.3) is 0 Å². The van der Waals surface area contributed by atoms with E-state index in [9.17, 15) is 0 Å². The average molecular weight is 185 g/mol. The first kappa shape index (κ1) is 8.89. The molecule has 1 saturated heterocycles. The normalized spacial score (nSPS) is 39.5. The predicted molar refractivity (Wildman–Crippen MR) is 55.7 cm³/mol. The molecule has 1 N–H and O–H groups in total. The zero-order chi connectivity index (χ0) is 8.60. The quantitative estimate of drug-likeness (QED) is 0.708. The molecule has 0 aromatic heterocycles. The molecule has 2 heteroatoms. The van der Waals surface area contributed by atoms with Gasteiger partial charge in [0.15, 0.2) is 0 Å². The maximum Gasteiger partial charge on any atom is 0.0161 e. The van der Waals surface area contributed by atoms with Crippen LogP contribution in [0.4, 0.5) is 0 Å². The summed E-state index contributed by atoms with van der Waals surface area (Å²) in [6, 6.07) is 1.64. The SMILES string of the molecule is CC1(C)CC1NC1CCCSC1. The van der Waals surface area contributed by atoms with Crippen LogP contribution in [-0.2, 0) is 0 Å². The Morgan fingerprint density at radius 3 is 2.67 bits per heavy atom. The Kier molecular flexibility index (Phi) is 2.39. The van der Waals surface area contributed by atoms with Crippen LogP contribution in [0.3, 0.4) is 0 Å². The second-order valence-corrected chi connectivity index (χ2v) is 5.98. The molecule has 70 valence electrons. The Bertz CT molecular complexity index is 161. The summed E-state index contributed by atoms with van der Waals surface area (Å²) in [5.74, 6) is 2.72. The fourth-order valence-corrected chi connectivity index (χ4v) is 2.99. The first-order chi connectivity index (χ1) is 5.68. The van der Waals surface area contributed by atoms with Gasteiger partial charge in [-0.05, 0) is 30.4 Å². The number of hydrogen-bond donors (Lipinski definition) is 1. The number of thioether (sulfide) groups is 1. The lowest BCUT2D eigenvalue weighted by molar-refractivity contribution is 0.458. The van der Waals surface area contributed by atoms with Crippen LogP contribution in [0.15, 0.2) is 0 Å². The Labute approximate surface area is 79.7 Å². The van der Waals surface area contributed by atoms with E-state index in [-0.39, 0.29) is 0 Å². The van der Waals surface area contributed by atoms with Crippen molar-refractivity contribution >= 4 is 11.8 Å². The largest absolute Gasteiger partial charge is 0.310 e. The number of nitrogens with one attached hydrogen (secondary N) is 1. The third-order valence-corrected chi connectivity index (χ3v) is 4.33. The van der Waals surface area contributed by atoms with Gasteiger partial charge >= 0.3 is 0 Å². The summed E-state index contributed by atoms with van der Waals surface area (Å²) in [6.45, 7) is 4.72. The molecular weight excluding hydrogens is 166 g/mol. The van der Waals surface area contributed by atoms with E-state index in [1.807, 2.05) is 0 Å². The van der Waals surface area contributed by atoms with Crippen LogP contribution in [0, 0.1) is 5.41 Å². The first-order valence-electron chi connectivity index (χ1n) is 5.02. The van der Waals surface area contributed by atoms with Gasteiger partial charge in [0, 0.05) is 17.8 Å². The molecule has 2 rings (SSSR count). The zero-order valence-corrected chi connectivity index (χ0v) is 8.91. The van der Waals surface area contributed by atoms with Gasteiger partial charge in [0.2, 0.25) is 0 Å². The maximum atomic E-state index is 3.76. The molecule has 1 heterocycles. The molecule has 0 bridgehead atoms. The average Bonchev–Trinajstić information content (AvgIpc) is 2.61. The monoisotopic (exact) mass is 185 g/mol. The summed E-state index contributed by atoms with van der Waals surface area (Å²) in [4.78, 5) is 0. The molecule has 1 saturated carbocycles. The van der Waals surface area contributed by atoms with Gasteiger partial charge in [-0.2, -0.15) is 11.8 Å². The summed E-state index contributed by atoms with van der Waals surface area (Å²) in [5.41, 5.74) is 0.599. The van der Waals surface area contributed by atoms with Crippen LogP contribution >= 0.6 is 11.8 Å². The highest BCUT2D eigenvalue weighted by Crippen LogP contribution is 2.45. The van der Waals surface area contributed by atoms with E-state index >= 15 is 0 Å². The minimum Gasteiger partial charge on any atom is -0.310 e. The fraction of sp³-hybridized carbons (Fsp3) is 1.00. The molecule has 0 spiro atoms. The van der Waals surface area contributed by atoms with Crippen LogP contribution < -0.4 is 5.32 Å². The molecule has 2 unspecified atom stereocenters. The minimum absolute atomic E-state index is 0.599. The third-order valence-electron chi connectivity index (χ3n) is 3.11. The summed E-state index contributed by atoms with van der Waals surface area (Å²) >= 11 is 2.11. The highest BCUT2D eigenvalue weighted by atomic mass is 32.2. The van der Waals surface area contributed by atoms with Crippen molar-refractivity contribution in [3.05, 3.63) is 0 Å². The summed E-state index contributed by atoms with van der Waals surface area (Å²) in [6.07, 6.45) is 4.20. The van der Waals surface area contributed by atoms with Crippen LogP contribution in [0.2, 0.25) is 0 Å². The lowest BCUT2D eigenvalue weighted by Gasteiger charge is -2.23. The maximum absolute atomic E-state index is 3.76.